The summed E-state index contributed by atoms with van der Waals surface area (Å²) < 4.78 is 76.9. The topological polar surface area (TPSA) is 47.6 Å². The van der Waals surface area contributed by atoms with E-state index in [9.17, 15) is 36.9 Å². The molecule has 2 aromatic carbocycles. The molecule has 0 atom stereocenters. The molecule has 0 aliphatic rings. The normalized spacial score (nSPS) is 12.7. The highest BCUT2D eigenvalue weighted by molar-refractivity contribution is 7.20. The number of nitriles is 2. The van der Waals surface area contributed by atoms with Crippen molar-refractivity contribution in [2.24, 2.45) is 0 Å². The first kappa shape index (κ1) is 26.9. The molecule has 0 radical (unpaired) electrons. The predicted octanol–water partition coefficient (Wildman–Crippen LogP) is 9.64. The maximum Gasteiger partial charge on any atom is 0.416 e. The quantitative estimate of drug-likeness (QED) is 0.182. The highest BCUT2D eigenvalue weighted by Crippen LogP contribution is 2.36. The number of benzene rings is 2. The molecule has 0 bridgehead atoms. The van der Waals surface area contributed by atoms with E-state index in [-0.39, 0.29) is 11.1 Å². The average molecular weight is 557 g/mol. The van der Waals surface area contributed by atoms with Crippen LogP contribution in [-0.4, -0.2) is 0 Å². The monoisotopic (exact) mass is 556 g/mol. The highest BCUT2D eigenvalue weighted by atomic mass is 32.1. The lowest BCUT2D eigenvalue weighted by molar-refractivity contribution is -0.138. The minimum Gasteiger partial charge on any atom is -0.192 e. The number of nitrogens with zero attached hydrogens (tertiary/aromatic N) is 2. The van der Waals surface area contributed by atoms with Gasteiger partial charge in [0.05, 0.1) is 34.4 Å². The summed E-state index contributed by atoms with van der Waals surface area (Å²) in [5.74, 6) is 0. The fraction of sp³-hybridized carbons (Fsp3) is 0.0714. The molecule has 0 unspecified atom stereocenters. The highest BCUT2D eigenvalue weighted by Gasteiger charge is 2.30. The molecular formula is C28H14F6N2S2. The summed E-state index contributed by atoms with van der Waals surface area (Å²) in [5.41, 5.74) is 0.978. The first-order valence-corrected chi connectivity index (χ1v) is 12.5. The van der Waals surface area contributed by atoms with Crippen LogP contribution in [0.2, 0.25) is 0 Å². The molecule has 0 aliphatic carbocycles. The standard InChI is InChI=1S/C28H14F6N2S2/c29-27(30,31)23-5-1-19(2-6-23)21(13-35)9-17-11-25(37-15-17)26-12-18(16-38-26)10-22(14-36)20-3-7-24(8-4-20)28(32,33)34/h1-12,15-16H. The number of thiophene rings is 2. The Morgan fingerprint density at radius 1 is 0.605 bits per heavy atom. The minimum atomic E-state index is -4.46. The maximum atomic E-state index is 12.8. The Balaban J connectivity index is 1.54. The smallest absolute Gasteiger partial charge is 0.192 e. The van der Waals surface area contributed by atoms with Crippen molar-refractivity contribution in [1.29, 1.82) is 10.5 Å². The van der Waals surface area contributed by atoms with E-state index in [1.54, 1.807) is 12.2 Å². The lowest BCUT2D eigenvalue weighted by Crippen LogP contribution is -2.04. The Kier molecular flexibility index (Phi) is 7.58. The Labute approximate surface area is 221 Å². The fourth-order valence-corrected chi connectivity index (χ4v) is 5.33. The van der Waals surface area contributed by atoms with Gasteiger partial charge < -0.3 is 0 Å². The van der Waals surface area contributed by atoms with Gasteiger partial charge in [-0.15, -0.1) is 22.7 Å². The van der Waals surface area contributed by atoms with Crippen molar-refractivity contribution in [3.63, 3.8) is 0 Å². The van der Waals surface area contributed by atoms with Crippen LogP contribution in [0.3, 0.4) is 0 Å². The molecule has 0 saturated heterocycles. The lowest BCUT2D eigenvalue weighted by atomic mass is 10.0. The predicted molar refractivity (Wildman–Crippen MR) is 137 cm³/mol. The molecule has 0 N–H and O–H groups in total. The fourth-order valence-electron chi connectivity index (χ4n) is 3.48. The average Bonchev–Trinajstić information content (AvgIpc) is 3.54. The van der Waals surface area contributed by atoms with Gasteiger partial charge in [0.15, 0.2) is 0 Å². The number of rotatable bonds is 5. The minimum absolute atomic E-state index is 0.216. The van der Waals surface area contributed by atoms with E-state index < -0.39 is 23.5 Å². The molecule has 0 amide bonds. The third-order valence-corrected chi connectivity index (χ3v) is 7.48. The second-order valence-electron chi connectivity index (χ2n) is 7.98. The molecule has 2 nitrogen and oxygen atoms in total. The summed E-state index contributed by atoms with van der Waals surface area (Å²) in [7, 11) is 0. The number of hydrogen-bond donors (Lipinski definition) is 0. The van der Waals surface area contributed by atoms with Crippen LogP contribution in [0.25, 0.3) is 33.1 Å². The largest absolute Gasteiger partial charge is 0.416 e. The van der Waals surface area contributed by atoms with Gasteiger partial charge in [-0.1, -0.05) is 24.3 Å². The van der Waals surface area contributed by atoms with Crippen molar-refractivity contribution in [2.75, 3.05) is 0 Å². The van der Waals surface area contributed by atoms with Gasteiger partial charge in [0, 0.05) is 9.75 Å². The zero-order chi connectivity index (χ0) is 27.5. The van der Waals surface area contributed by atoms with Gasteiger partial charge in [0.25, 0.3) is 0 Å². The maximum absolute atomic E-state index is 12.8. The third-order valence-electron chi connectivity index (χ3n) is 5.39. The van der Waals surface area contributed by atoms with Crippen LogP contribution in [0, 0.1) is 22.7 Å². The van der Waals surface area contributed by atoms with Crippen LogP contribution in [0.1, 0.15) is 33.4 Å². The summed E-state index contributed by atoms with van der Waals surface area (Å²) in [5, 5.41) is 22.7. The van der Waals surface area contributed by atoms with Crippen molar-refractivity contribution in [2.45, 2.75) is 12.4 Å². The van der Waals surface area contributed by atoms with E-state index in [2.05, 4.69) is 0 Å². The number of hydrogen-bond acceptors (Lipinski definition) is 4. The molecular weight excluding hydrogens is 542 g/mol. The van der Waals surface area contributed by atoms with Crippen LogP contribution in [0.5, 0.6) is 0 Å². The second kappa shape index (κ2) is 10.7. The molecule has 2 heterocycles. The van der Waals surface area contributed by atoms with Gasteiger partial charge in [-0.25, -0.2) is 0 Å². The SMILES string of the molecule is N#CC(=Cc1csc(-c2cc(C=C(C#N)c3ccc(C(F)(F)F)cc3)cs2)c1)c1ccc(C(F)(F)F)cc1. The van der Waals surface area contributed by atoms with Crippen LogP contribution in [0.4, 0.5) is 26.3 Å². The van der Waals surface area contributed by atoms with Crippen LogP contribution >= 0.6 is 22.7 Å². The molecule has 38 heavy (non-hydrogen) atoms. The van der Waals surface area contributed by atoms with Gasteiger partial charge in [-0.2, -0.15) is 36.9 Å². The van der Waals surface area contributed by atoms with E-state index in [4.69, 9.17) is 0 Å². The zero-order valence-electron chi connectivity index (χ0n) is 19.1. The number of allylic oxidation sites excluding steroid dienone is 2. The molecule has 2 aromatic heterocycles. The molecule has 10 heteroatoms. The van der Waals surface area contributed by atoms with Gasteiger partial charge in [-0.05, 0) is 81.6 Å². The van der Waals surface area contributed by atoms with Gasteiger partial charge in [0.1, 0.15) is 0 Å². The first-order valence-electron chi connectivity index (χ1n) is 10.7. The Bertz CT molecular complexity index is 1470. The molecule has 190 valence electrons. The van der Waals surface area contributed by atoms with Gasteiger partial charge in [-0.3, -0.25) is 0 Å². The van der Waals surface area contributed by atoms with E-state index >= 15 is 0 Å². The first-order chi connectivity index (χ1) is 18.0. The Morgan fingerprint density at radius 3 is 1.24 bits per heavy atom. The van der Waals surface area contributed by atoms with E-state index in [0.29, 0.717) is 22.3 Å². The molecule has 4 aromatic rings. The third kappa shape index (κ3) is 6.23. The number of alkyl halides is 6. The summed E-state index contributed by atoms with van der Waals surface area (Å²) in [6, 6.07) is 16.5. The number of halogens is 6. The zero-order valence-corrected chi connectivity index (χ0v) is 20.7. The van der Waals surface area contributed by atoms with Crippen LogP contribution in [-0.2, 0) is 12.4 Å². The van der Waals surface area contributed by atoms with Crippen molar-refractivity contribution in [3.05, 3.63) is 105 Å². The lowest BCUT2D eigenvalue weighted by Gasteiger charge is -2.07. The van der Waals surface area contributed by atoms with Crippen molar-refractivity contribution < 1.29 is 26.3 Å². The van der Waals surface area contributed by atoms with E-state index in [0.717, 1.165) is 34.0 Å². The molecule has 4 rings (SSSR count). The van der Waals surface area contributed by atoms with Crippen molar-refractivity contribution >= 4 is 46.0 Å². The molecule has 0 aliphatic heterocycles. The van der Waals surface area contributed by atoms with E-state index in [1.807, 2.05) is 35.0 Å². The summed E-state index contributed by atoms with van der Waals surface area (Å²) in [6.07, 6.45) is -5.74. The molecule has 0 saturated carbocycles. The van der Waals surface area contributed by atoms with Gasteiger partial charge in [0.2, 0.25) is 0 Å². The van der Waals surface area contributed by atoms with Crippen LogP contribution < -0.4 is 0 Å². The van der Waals surface area contributed by atoms with Crippen LogP contribution in [0.15, 0.2) is 71.4 Å². The van der Waals surface area contributed by atoms with Crippen molar-refractivity contribution in [1.82, 2.24) is 0 Å². The summed E-state index contributed by atoms with van der Waals surface area (Å²) in [6.45, 7) is 0. The molecule has 0 spiro atoms. The van der Waals surface area contributed by atoms with E-state index in [1.165, 1.54) is 46.9 Å². The molecule has 0 fully saturated rings. The Morgan fingerprint density at radius 2 is 0.947 bits per heavy atom. The van der Waals surface area contributed by atoms with Crippen molar-refractivity contribution in [3.8, 4) is 21.9 Å². The van der Waals surface area contributed by atoms with Gasteiger partial charge >= 0.3 is 12.4 Å². The summed E-state index contributed by atoms with van der Waals surface area (Å²) in [4.78, 5) is 1.75. The Hall–Kier alpha value is -4.12. The summed E-state index contributed by atoms with van der Waals surface area (Å²) >= 11 is 2.82. The second-order valence-corrected chi connectivity index (χ2v) is 9.80.